The Morgan fingerprint density at radius 1 is 1.64 bits per heavy atom. The Kier molecular flexibility index (Phi) is 4.38. The summed E-state index contributed by atoms with van der Waals surface area (Å²) in [7, 11) is 0. The molecule has 0 aromatic heterocycles. The van der Waals surface area contributed by atoms with Crippen molar-refractivity contribution in [3.05, 3.63) is 12.7 Å². The molecule has 66 valence electrons. The summed E-state index contributed by atoms with van der Waals surface area (Å²) in [5.74, 6) is 0. The van der Waals surface area contributed by atoms with E-state index in [4.69, 9.17) is 5.11 Å². The summed E-state index contributed by atoms with van der Waals surface area (Å²) in [4.78, 5) is 0. The van der Waals surface area contributed by atoms with Crippen LogP contribution in [0, 0.1) is 0 Å². The van der Waals surface area contributed by atoms with Crippen molar-refractivity contribution in [1.82, 2.24) is 0 Å². The van der Waals surface area contributed by atoms with Crippen molar-refractivity contribution in [2.75, 3.05) is 0 Å². The van der Waals surface area contributed by atoms with Gasteiger partial charge in [-0.2, -0.15) is 0 Å². The van der Waals surface area contributed by atoms with Crippen LogP contribution in [0.1, 0.15) is 33.1 Å². The van der Waals surface area contributed by atoms with Gasteiger partial charge in [0.15, 0.2) is 0 Å². The highest BCUT2D eigenvalue weighted by Crippen LogP contribution is 2.21. The fraction of sp³-hybridized carbons (Fsp3) is 0.778. The van der Waals surface area contributed by atoms with Crippen LogP contribution >= 0.6 is 0 Å². The van der Waals surface area contributed by atoms with Crippen LogP contribution in [0.25, 0.3) is 0 Å². The Morgan fingerprint density at radius 2 is 2.18 bits per heavy atom. The lowest BCUT2D eigenvalue weighted by Gasteiger charge is -2.26. The minimum absolute atomic E-state index is 0.426. The molecule has 0 saturated heterocycles. The third-order valence-electron chi connectivity index (χ3n) is 1.86. The van der Waals surface area contributed by atoms with Gasteiger partial charge < -0.3 is 10.2 Å². The second-order valence-electron chi connectivity index (χ2n) is 3.12. The largest absolute Gasteiger partial charge is 0.393 e. The summed E-state index contributed by atoms with van der Waals surface area (Å²) in [6.45, 7) is 7.15. The van der Waals surface area contributed by atoms with Crippen LogP contribution in [0.5, 0.6) is 0 Å². The molecule has 0 saturated carbocycles. The van der Waals surface area contributed by atoms with Crippen molar-refractivity contribution in [2.24, 2.45) is 0 Å². The molecule has 2 unspecified atom stereocenters. The van der Waals surface area contributed by atoms with Crippen LogP contribution < -0.4 is 0 Å². The van der Waals surface area contributed by atoms with Gasteiger partial charge in [-0.25, -0.2) is 0 Å². The first-order valence-electron chi connectivity index (χ1n) is 4.05. The van der Waals surface area contributed by atoms with E-state index in [1.165, 1.54) is 0 Å². The maximum atomic E-state index is 9.76. The van der Waals surface area contributed by atoms with Gasteiger partial charge in [-0.3, -0.25) is 0 Å². The lowest BCUT2D eigenvalue weighted by molar-refractivity contribution is -0.00653. The van der Waals surface area contributed by atoms with Gasteiger partial charge in [-0.1, -0.05) is 13.0 Å². The number of hydrogen-bond acceptors (Lipinski definition) is 2. The maximum Gasteiger partial charge on any atom is 0.0703 e. The highest BCUT2D eigenvalue weighted by atomic mass is 16.3. The smallest absolute Gasteiger partial charge is 0.0703 e. The first-order valence-corrected chi connectivity index (χ1v) is 4.05. The second kappa shape index (κ2) is 4.52. The maximum absolute atomic E-state index is 9.76. The van der Waals surface area contributed by atoms with Crippen molar-refractivity contribution in [1.29, 1.82) is 0 Å². The minimum atomic E-state index is -0.754. The van der Waals surface area contributed by atoms with E-state index in [9.17, 15) is 5.11 Å². The van der Waals surface area contributed by atoms with E-state index >= 15 is 0 Å². The molecule has 0 fully saturated rings. The molecular formula is C9H18O2. The van der Waals surface area contributed by atoms with Crippen LogP contribution in [-0.4, -0.2) is 21.9 Å². The summed E-state index contributed by atoms with van der Waals surface area (Å²) in [5.41, 5.74) is -0.754. The Morgan fingerprint density at radius 3 is 2.45 bits per heavy atom. The Bertz CT molecular complexity index is 121. The molecule has 2 atom stereocenters. The molecule has 2 N–H and O–H groups in total. The highest BCUT2D eigenvalue weighted by molar-refractivity contribution is 4.86. The molecule has 0 aliphatic heterocycles. The fourth-order valence-electron chi connectivity index (χ4n) is 1.19. The van der Waals surface area contributed by atoms with Crippen LogP contribution in [0.2, 0.25) is 0 Å². The SMILES string of the molecule is C=CCC(O)(CC)CC(C)O. The van der Waals surface area contributed by atoms with Crippen molar-refractivity contribution in [2.45, 2.75) is 44.8 Å². The van der Waals surface area contributed by atoms with Gasteiger partial charge in [0.05, 0.1) is 11.7 Å². The fourth-order valence-corrected chi connectivity index (χ4v) is 1.19. The van der Waals surface area contributed by atoms with Crippen LogP contribution in [0.3, 0.4) is 0 Å². The molecule has 2 heteroatoms. The molecular weight excluding hydrogens is 140 g/mol. The Labute approximate surface area is 68.6 Å². The van der Waals surface area contributed by atoms with Gasteiger partial charge in [-0.15, -0.1) is 6.58 Å². The van der Waals surface area contributed by atoms with Crippen molar-refractivity contribution in [3.8, 4) is 0 Å². The molecule has 0 spiro atoms. The van der Waals surface area contributed by atoms with Crippen molar-refractivity contribution < 1.29 is 10.2 Å². The first-order chi connectivity index (χ1) is 5.04. The van der Waals surface area contributed by atoms with Gasteiger partial charge in [0.25, 0.3) is 0 Å². The average Bonchev–Trinajstić information content (AvgIpc) is 1.87. The normalized spacial score (nSPS) is 18.9. The molecule has 0 heterocycles. The van der Waals surface area contributed by atoms with Gasteiger partial charge in [-0.05, 0) is 19.8 Å². The van der Waals surface area contributed by atoms with E-state index in [0.717, 1.165) is 0 Å². The lowest BCUT2D eigenvalue weighted by Crippen LogP contribution is -2.31. The Hall–Kier alpha value is -0.340. The summed E-state index contributed by atoms with van der Waals surface area (Å²) in [5, 5.41) is 18.8. The van der Waals surface area contributed by atoms with Crippen molar-refractivity contribution in [3.63, 3.8) is 0 Å². The van der Waals surface area contributed by atoms with E-state index < -0.39 is 11.7 Å². The van der Waals surface area contributed by atoms with Gasteiger partial charge >= 0.3 is 0 Å². The summed E-state index contributed by atoms with van der Waals surface area (Å²) < 4.78 is 0. The van der Waals surface area contributed by atoms with Gasteiger partial charge in [0.2, 0.25) is 0 Å². The highest BCUT2D eigenvalue weighted by Gasteiger charge is 2.24. The molecule has 2 nitrogen and oxygen atoms in total. The molecule has 0 bridgehead atoms. The molecule has 0 aliphatic rings. The summed E-state index contributed by atoms with van der Waals surface area (Å²) in [6, 6.07) is 0. The average molecular weight is 158 g/mol. The van der Waals surface area contributed by atoms with Crippen molar-refractivity contribution >= 4 is 0 Å². The standard InChI is InChI=1S/C9H18O2/c1-4-6-9(11,5-2)7-8(3)10/h4,8,10-11H,1,5-7H2,2-3H3. The summed E-state index contributed by atoms with van der Waals surface area (Å²) in [6.07, 6.45) is 2.87. The minimum Gasteiger partial charge on any atom is -0.393 e. The lowest BCUT2D eigenvalue weighted by atomic mass is 9.90. The van der Waals surface area contributed by atoms with E-state index in [1.807, 2.05) is 6.92 Å². The van der Waals surface area contributed by atoms with Crippen LogP contribution in [0.15, 0.2) is 12.7 Å². The van der Waals surface area contributed by atoms with Crippen LogP contribution in [-0.2, 0) is 0 Å². The predicted molar refractivity (Wildman–Crippen MR) is 46.4 cm³/mol. The molecule has 0 aromatic rings. The van der Waals surface area contributed by atoms with E-state index in [-0.39, 0.29) is 0 Å². The number of rotatable bonds is 5. The number of aliphatic hydroxyl groups excluding tert-OH is 1. The predicted octanol–water partition coefficient (Wildman–Crippen LogP) is 1.47. The van der Waals surface area contributed by atoms with E-state index in [2.05, 4.69) is 6.58 Å². The molecule has 0 aliphatic carbocycles. The van der Waals surface area contributed by atoms with Gasteiger partial charge in [0, 0.05) is 6.42 Å². The zero-order chi connectivity index (χ0) is 8.91. The molecule has 0 aromatic carbocycles. The van der Waals surface area contributed by atoms with E-state index in [0.29, 0.717) is 19.3 Å². The second-order valence-corrected chi connectivity index (χ2v) is 3.12. The molecule has 0 amide bonds. The quantitative estimate of drug-likeness (QED) is 0.595. The third-order valence-corrected chi connectivity index (χ3v) is 1.86. The van der Waals surface area contributed by atoms with Gasteiger partial charge in [0.1, 0.15) is 0 Å². The molecule has 11 heavy (non-hydrogen) atoms. The number of aliphatic hydroxyl groups is 2. The van der Waals surface area contributed by atoms with Crippen LogP contribution in [0.4, 0.5) is 0 Å². The Balaban J connectivity index is 3.97. The van der Waals surface area contributed by atoms with E-state index in [1.54, 1.807) is 13.0 Å². The molecule has 0 rings (SSSR count). The zero-order valence-electron chi connectivity index (χ0n) is 7.38. The monoisotopic (exact) mass is 158 g/mol. The molecule has 0 radical (unpaired) electrons. The topological polar surface area (TPSA) is 40.5 Å². The summed E-state index contributed by atoms with van der Waals surface area (Å²) >= 11 is 0. The zero-order valence-corrected chi connectivity index (χ0v) is 7.38. The first kappa shape index (κ1) is 10.7. The number of hydrogen-bond donors (Lipinski definition) is 2. The third kappa shape index (κ3) is 4.17.